The summed E-state index contributed by atoms with van der Waals surface area (Å²) in [6.07, 6.45) is 3.87. The van der Waals surface area contributed by atoms with E-state index in [1.54, 1.807) is 0 Å². The molecule has 1 aromatic heterocycles. The van der Waals surface area contributed by atoms with E-state index < -0.39 is 0 Å². The highest BCUT2D eigenvalue weighted by Gasteiger charge is 2.32. The number of thiophene rings is 1. The fourth-order valence-corrected chi connectivity index (χ4v) is 3.08. The van der Waals surface area contributed by atoms with Crippen LogP contribution in [0.2, 0.25) is 0 Å². The Kier molecular flexibility index (Phi) is 3.91. The Morgan fingerprint density at radius 1 is 1.53 bits per heavy atom. The summed E-state index contributed by atoms with van der Waals surface area (Å²) in [6, 6.07) is 2.13. The van der Waals surface area contributed by atoms with E-state index >= 15 is 0 Å². The molecular weight excluding hydrogens is 258 g/mol. The first-order valence-electron chi connectivity index (χ1n) is 6.68. The number of rotatable bonds is 5. The molecule has 0 bridgehead atoms. The molecule has 104 valence electrons. The van der Waals surface area contributed by atoms with Gasteiger partial charge in [-0.1, -0.05) is 13.3 Å². The lowest BCUT2D eigenvalue weighted by Crippen LogP contribution is -2.33. The summed E-state index contributed by atoms with van der Waals surface area (Å²) in [5.41, 5.74) is 6.81. The number of hydrogen-bond acceptors (Lipinski definition) is 5. The molecule has 1 aliphatic rings. The Balaban J connectivity index is 2.16. The van der Waals surface area contributed by atoms with Crippen LogP contribution in [0.25, 0.3) is 0 Å². The second kappa shape index (κ2) is 5.30. The third kappa shape index (κ3) is 2.95. The molecule has 0 amide bonds. The number of nitrogens with two attached hydrogens (primary N) is 1. The lowest BCUT2D eigenvalue weighted by atomic mass is 9.70. The average molecular weight is 279 g/mol. The molecule has 1 aliphatic carbocycles. The molecule has 1 fully saturated rings. The predicted octanol–water partition coefficient (Wildman–Crippen LogP) is 3.59. The molecule has 0 unspecified atom stereocenters. The van der Waals surface area contributed by atoms with E-state index in [9.17, 15) is 0 Å². The summed E-state index contributed by atoms with van der Waals surface area (Å²) in [5, 5.41) is 13.4. The number of anilines is 2. The lowest BCUT2D eigenvalue weighted by Gasteiger charge is -2.38. The molecule has 1 heterocycles. The first-order chi connectivity index (χ1) is 8.95. The van der Waals surface area contributed by atoms with E-state index in [0.717, 1.165) is 11.5 Å². The summed E-state index contributed by atoms with van der Waals surface area (Å²) in [5.74, 6) is 0.638. The molecule has 0 aromatic carbocycles. The van der Waals surface area contributed by atoms with Crippen molar-refractivity contribution < 1.29 is 4.74 Å². The molecule has 0 radical (unpaired) electrons. The van der Waals surface area contributed by atoms with E-state index in [0.29, 0.717) is 21.7 Å². The Labute approximate surface area is 118 Å². The van der Waals surface area contributed by atoms with Gasteiger partial charge < -0.3 is 15.8 Å². The van der Waals surface area contributed by atoms with Crippen molar-refractivity contribution in [3.8, 4) is 11.8 Å². The summed E-state index contributed by atoms with van der Waals surface area (Å²) in [7, 11) is 0. The Bertz CT molecular complexity index is 498. The number of nitrogens with one attached hydrogen (secondary N) is 1. The Morgan fingerprint density at radius 3 is 2.68 bits per heavy atom. The Hall–Kier alpha value is -1.41. The van der Waals surface area contributed by atoms with Crippen molar-refractivity contribution in [1.29, 1.82) is 5.26 Å². The molecular formula is C14H21N3OS. The second-order valence-corrected chi connectivity index (χ2v) is 6.82. The van der Waals surface area contributed by atoms with Crippen molar-refractivity contribution in [2.75, 3.05) is 17.6 Å². The van der Waals surface area contributed by atoms with Crippen LogP contribution in [0.1, 0.15) is 44.9 Å². The third-order valence-corrected chi connectivity index (χ3v) is 4.64. The Morgan fingerprint density at radius 2 is 2.21 bits per heavy atom. The molecule has 0 atom stereocenters. The van der Waals surface area contributed by atoms with E-state index in [-0.39, 0.29) is 6.10 Å². The van der Waals surface area contributed by atoms with Crippen molar-refractivity contribution in [1.82, 2.24) is 0 Å². The maximum absolute atomic E-state index is 9.07. The summed E-state index contributed by atoms with van der Waals surface area (Å²) in [4.78, 5) is 0.525. The molecule has 1 aromatic rings. The van der Waals surface area contributed by atoms with Gasteiger partial charge in [0.1, 0.15) is 21.6 Å². The van der Waals surface area contributed by atoms with E-state index in [4.69, 9.17) is 15.7 Å². The van der Waals surface area contributed by atoms with Gasteiger partial charge in [0.25, 0.3) is 0 Å². The molecule has 0 spiro atoms. The highest BCUT2D eigenvalue weighted by atomic mass is 32.1. The van der Waals surface area contributed by atoms with Crippen LogP contribution in [0, 0.1) is 16.7 Å². The van der Waals surface area contributed by atoms with Crippen molar-refractivity contribution in [2.45, 2.75) is 46.1 Å². The molecule has 19 heavy (non-hydrogen) atoms. The fourth-order valence-electron chi connectivity index (χ4n) is 2.23. The van der Waals surface area contributed by atoms with E-state index in [1.807, 2.05) is 13.8 Å². The van der Waals surface area contributed by atoms with Gasteiger partial charge in [0.2, 0.25) is 0 Å². The van der Waals surface area contributed by atoms with Crippen LogP contribution < -0.4 is 15.8 Å². The van der Waals surface area contributed by atoms with Crippen molar-refractivity contribution in [3.05, 3.63) is 4.88 Å². The van der Waals surface area contributed by atoms with Crippen LogP contribution in [0.4, 0.5) is 10.7 Å². The zero-order valence-corrected chi connectivity index (χ0v) is 12.6. The molecule has 0 saturated heterocycles. The topological polar surface area (TPSA) is 71.1 Å². The minimum atomic E-state index is 0.0447. The van der Waals surface area contributed by atoms with Crippen molar-refractivity contribution >= 4 is 22.0 Å². The predicted molar refractivity (Wildman–Crippen MR) is 79.7 cm³/mol. The average Bonchev–Trinajstić information content (AvgIpc) is 2.61. The number of nitrogens with zero attached hydrogens (tertiary/aromatic N) is 1. The molecule has 3 N–H and O–H groups in total. The number of ether oxygens (including phenoxy) is 1. The van der Waals surface area contributed by atoms with Gasteiger partial charge in [-0.3, -0.25) is 0 Å². The van der Waals surface area contributed by atoms with Gasteiger partial charge in [0, 0.05) is 6.54 Å². The highest BCUT2D eigenvalue weighted by molar-refractivity contribution is 7.17. The molecule has 5 heteroatoms. The standard InChI is InChI=1S/C14H21N3OS/c1-9(2)18-12-11(16)10(7-15)19-13(12)17-8-14(3)5-4-6-14/h9,17H,4-6,8,16H2,1-3H3. The van der Waals surface area contributed by atoms with Gasteiger partial charge in [0.05, 0.1) is 6.10 Å². The largest absolute Gasteiger partial charge is 0.486 e. The maximum Gasteiger partial charge on any atom is 0.178 e. The minimum absolute atomic E-state index is 0.0447. The number of hydrogen-bond donors (Lipinski definition) is 2. The molecule has 2 rings (SSSR count). The van der Waals surface area contributed by atoms with Gasteiger partial charge in [-0.15, -0.1) is 11.3 Å². The summed E-state index contributed by atoms with van der Waals surface area (Å²) >= 11 is 1.38. The first kappa shape index (κ1) is 14.0. The van der Waals surface area contributed by atoms with Crippen molar-refractivity contribution in [3.63, 3.8) is 0 Å². The van der Waals surface area contributed by atoms with Crippen LogP contribution in [-0.2, 0) is 0 Å². The highest BCUT2D eigenvalue weighted by Crippen LogP contribution is 2.45. The van der Waals surface area contributed by atoms with Crippen LogP contribution >= 0.6 is 11.3 Å². The van der Waals surface area contributed by atoms with Crippen LogP contribution in [-0.4, -0.2) is 12.6 Å². The first-order valence-corrected chi connectivity index (χ1v) is 7.50. The van der Waals surface area contributed by atoms with Gasteiger partial charge in [-0.25, -0.2) is 0 Å². The maximum atomic E-state index is 9.07. The smallest absolute Gasteiger partial charge is 0.178 e. The van der Waals surface area contributed by atoms with E-state index in [1.165, 1.54) is 30.6 Å². The van der Waals surface area contributed by atoms with Crippen LogP contribution in [0.5, 0.6) is 5.75 Å². The molecule has 1 saturated carbocycles. The van der Waals surface area contributed by atoms with Gasteiger partial charge in [0.15, 0.2) is 5.75 Å². The quantitative estimate of drug-likeness (QED) is 0.864. The number of nitrogen functional groups attached to an aromatic ring is 1. The van der Waals surface area contributed by atoms with Gasteiger partial charge in [-0.2, -0.15) is 5.26 Å². The summed E-state index contributed by atoms with van der Waals surface area (Å²) in [6.45, 7) is 7.11. The van der Waals surface area contributed by atoms with E-state index in [2.05, 4.69) is 18.3 Å². The second-order valence-electron chi connectivity index (χ2n) is 5.80. The normalized spacial score (nSPS) is 16.8. The minimum Gasteiger partial charge on any atom is -0.486 e. The van der Waals surface area contributed by atoms with Crippen LogP contribution in [0.3, 0.4) is 0 Å². The lowest BCUT2D eigenvalue weighted by molar-refractivity contribution is 0.179. The molecule has 0 aliphatic heterocycles. The zero-order chi connectivity index (χ0) is 14.0. The SMILES string of the molecule is CC(C)Oc1c(NCC2(C)CCC2)sc(C#N)c1N. The molecule has 4 nitrogen and oxygen atoms in total. The van der Waals surface area contributed by atoms with Crippen LogP contribution in [0.15, 0.2) is 0 Å². The third-order valence-electron chi connectivity index (χ3n) is 3.59. The fraction of sp³-hybridized carbons (Fsp3) is 0.643. The summed E-state index contributed by atoms with van der Waals surface area (Å²) < 4.78 is 5.75. The number of nitriles is 1. The van der Waals surface area contributed by atoms with Gasteiger partial charge in [-0.05, 0) is 32.1 Å². The van der Waals surface area contributed by atoms with Gasteiger partial charge >= 0.3 is 0 Å². The zero-order valence-electron chi connectivity index (χ0n) is 11.7. The monoisotopic (exact) mass is 279 g/mol. The van der Waals surface area contributed by atoms with Crippen molar-refractivity contribution in [2.24, 2.45) is 5.41 Å².